The molecule has 1 aliphatic heterocycles. The molecule has 0 unspecified atom stereocenters. The molecular weight excluding hydrogens is 628 g/mol. The highest BCUT2D eigenvalue weighted by Crippen LogP contribution is 2.44. The Morgan fingerprint density at radius 3 is 2.22 bits per heavy atom. The van der Waals surface area contributed by atoms with Gasteiger partial charge in [0.1, 0.15) is 18.2 Å². The van der Waals surface area contributed by atoms with Crippen LogP contribution in [0.3, 0.4) is 0 Å². The van der Waals surface area contributed by atoms with Gasteiger partial charge in [0.25, 0.3) is 0 Å². The number of amides is 3. The number of rotatable bonds is 8. The number of carbonyl (C=O) groups is 3. The van der Waals surface area contributed by atoms with Crippen molar-refractivity contribution >= 4 is 29.0 Å². The highest BCUT2D eigenvalue weighted by atomic mass is 16.6. The molecule has 0 spiro atoms. The van der Waals surface area contributed by atoms with Gasteiger partial charge in [-0.05, 0) is 72.2 Å². The first-order chi connectivity index (χ1) is 24.1. The van der Waals surface area contributed by atoms with Gasteiger partial charge in [-0.1, -0.05) is 91.0 Å². The van der Waals surface area contributed by atoms with Crippen molar-refractivity contribution in [3.8, 4) is 11.1 Å². The van der Waals surface area contributed by atoms with Crippen LogP contribution in [0, 0.1) is 0 Å². The van der Waals surface area contributed by atoms with Crippen LogP contribution in [-0.4, -0.2) is 58.8 Å². The van der Waals surface area contributed by atoms with E-state index in [-0.39, 0.29) is 25.0 Å². The Morgan fingerprint density at radius 2 is 1.50 bits per heavy atom. The van der Waals surface area contributed by atoms with Crippen molar-refractivity contribution in [2.75, 3.05) is 13.2 Å². The van der Waals surface area contributed by atoms with Crippen LogP contribution in [0.25, 0.3) is 22.0 Å². The topological polar surface area (TPSA) is 113 Å². The molecular formula is C41H42N4O5. The summed E-state index contributed by atoms with van der Waals surface area (Å²) in [6.45, 7) is 6.06. The second-order valence-corrected chi connectivity index (χ2v) is 14.1. The summed E-state index contributed by atoms with van der Waals surface area (Å²) in [5.41, 5.74) is 7.83. The number of para-hydroxylation sites is 1. The zero-order chi connectivity index (χ0) is 34.8. The molecule has 9 heteroatoms. The van der Waals surface area contributed by atoms with Crippen LogP contribution in [0.15, 0.2) is 103 Å². The lowest BCUT2D eigenvalue weighted by Gasteiger charge is -2.30. The zero-order valence-corrected chi connectivity index (χ0v) is 28.6. The molecule has 2 heterocycles. The van der Waals surface area contributed by atoms with Crippen molar-refractivity contribution in [2.45, 2.75) is 63.8 Å². The molecule has 5 aromatic rings. The molecule has 7 rings (SSSR count). The van der Waals surface area contributed by atoms with E-state index in [1.165, 1.54) is 0 Å². The van der Waals surface area contributed by atoms with Crippen LogP contribution in [0.1, 0.15) is 54.5 Å². The molecule has 50 heavy (non-hydrogen) atoms. The first-order valence-electron chi connectivity index (χ1n) is 17.1. The van der Waals surface area contributed by atoms with Crippen LogP contribution in [0.4, 0.5) is 9.59 Å². The van der Waals surface area contributed by atoms with Gasteiger partial charge in [-0.15, -0.1) is 0 Å². The maximum Gasteiger partial charge on any atom is 0.408 e. The molecule has 1 aromatic heterocycles. The number of nitrogens with one attached hydrogen (secondary N) is 3. The van der Waals surface area contributed by atoms with Gasteiger partial charge in [0.15, 0.2) is 0 Å². The number of benzene rings is 4. The Labute approximate surface area is 292 Å². The maximum absolute atomic E-state index is 14.2. The maximum atomic E-state index is 14.2. The molecule has 4 aromatic carbocycles. The number of H-pyrrole nitrogens is 1. The smallest absolute Gasteiger partial charge is 0.408 e. The minimum Gasteiger partial charge on any atom is -0.449 e. The fourth-order valence-corrected chi connectivity index (χ4v) is 7.24. The van der Waals surface area contributed by atoms with Crippen LogP contribution in [0.5, 0.6) is 0 Å². The van der Waals surface area contributed by atoms with Crippen molar-refractivity contribution in [2.24, 2.45) is 0 Å². The highest BCUT2D eigenvalue weighted by molar-refractivity contribution is 5.87. The molecule has 3 N–H and O–H groups in total. The van der Waals surface area contributed by atoms with Gasteiger partial charge in [0.05, 0.1) is 6.04 Å². The molecule has 1 aliphatic carbocycles. The Hall–Kier alpha value is -5.57. The number of fused-ring (bicyclic) bond motifs is 5. The third-order valence-corrected chi connectivity index (χ3v) is 9.45. The van der Waals surface area contributed by atoms with E-state index in [9.17, 15) is 14.4 Å². The van der Waals surface area contributed by atoms with E-state index in [2.05, 4.69) is 39.9 Å². The van der Waals surface area contributed by atoms with E-state index in [4.69, 9.17) is 9.47 Å². The minimum absolute atomic E-state index is 0.0800. The Kier molecular flexibility index (Phi) is 9.06. The number of aromatic nitrogens is 1. The van der Waals surface area contributed by atoms with E-state index < -0.39 is 29.9 Å². The molecule has 0 saturated heterocycles. The van der Waals surface area contributed by atoms with Crippen molar-refractivity contribution in [1.82, 2.24) is 20.5 Å². The summed E-state index contributed by atoms with van der Waals surface area (Å²) >= 11 is 0. The molecule has 0 bridgehead atoms. The van der Waals surface area contributed by atoms with Gasteiger partial charge in [-0.3, -0.25) is 4.79 Å². The van der Waals surface area contributed by atoms with Gasteiger partial charge < -0.3 is 30.0 Å². The second-order valence-electron chi connectivity index (χ2n) is 14.1. The molecule has 2 atom stereocenters. The van der Waals surface area contributed by atoms with Gasteiger partial charge in [-0.2, -0.15) is 0 Å². The van der Waals surface area contributed by atoms with Gasteiger partial charge in [0.2, 0.25) is 5.91 Å². The van der Waals surface area contributed by atoms with Crippen molar-refractivity contribution < 1.29 is 23.9 Å². The fraction of sp³-hybridized carbons (Fsp3) is 0.293. The summed E-state index contributed by atoms with van der Waals surface area (Å²) < 4.78 is 11.5. The number of ether oxygens (including phenoxy) is 2. The Morgan fingerprint density at radius 1 is 0.860 bits per heavy atom. The SMILES string of the molecule is CC(C)(C)OC(=O)N[C@H]1Cc2ccccc2CN(C[C@H](Cc2c[nH]c3ccccc23)NC(=O)OCC2c3ccccc3-c3ccccc32)C1=O. The molecule has 3 amide bonds. The zero-order valence-electron chi connectivity index (χ0n) is 28.6. The predicted octanol–water partition coefficient (Wildman–Crippen LogP) is 7.10. The Bertz CT molecular complexity index is 2000. The number of alkyl carbamates (subject to hydrolysis) is 2. The quantitative estimate of drug-likeness (QED) is 0.163. The van der Waals surface area contributed by atoms with E-state index in [0.717, 1.165) is 49.8 Å². The largest absolute Gasteiger partial charge is 0.449 e. The van der Waals surface area contributed by atoms with E-state index in [0.29, 0.717) is 19.4 Å². The predicted molar refractivity (Wildman–Crippen MR) is 193 cm³/mol. The third kappa shape index (κ3) is 7.08. The molecule has 2 aliphatic rings. The van der Waals surface area contributed by atoms with Crippen LogP contribution in [-0.2, 0) is 33.7 Å². The molecule has 0 radical (unpaired) electrons. The lowest BCUT2D eigenvalue weighted by molar-refractivity contribution is -0.134. The minimum atomic E-state index is -0.836. The fourth-order valence-electron chi connectivity index (χ4n) is 7.24. The summed E-state index contributed by atoms with van der Waals surface area (Å²) in [6.07, 6.45) is 1.52. The summed E-state index contributed by atoms with van der Waals surface area (Å²) in [5.74, 6) is -0.325. The lowest BCUT2D eigenvalue weighted by Crippen LogP contribution is -2.53. The first kappa shape index (κ1) is 33.0. The Balaban J connectivity index is 1.13. The van der Waals surface area contributed by atoms with Crippen LogP contribution >= 0.6 is 0 Å². The number of hydrogen-bond acceptors (Lipinski definition) is 5. The van der Waals surface area contributed by atoms with Crippen molar-refractivity contribution in [3.05, 3.63) is 131 Å². The van der Waals surface area contributed by atoms with E-state index in [1.54, 1.807) is 25.7 Å². The summed E-state index contributed by atoms with van der Waals surface area (Å²) in [7, 11) is 0. The van der Waals surface area contributed by atoms with Crippen LogP contribution < -0.4 is 10.6 Å². The van der Waals surface area contributed by atoms with Gasteiger partial charge in [0, 0.05) is 42.5 Å². The van der Waals surface area contributed by atoms with Crippen molar-refractivity contribution in [3.63, 3.8) is 0 Å². The third-order valence-electron chi connectivity index (χ3n) is 9.45. The van der Waals surface area contributed by atoms with E-state index in [1.807, 2.05) is 79.0 Å². The lowest BCUT2D eigenvalue weighted by atomic mass is 9.98. The average Bonchev–Trinajstić information content (AvgIpc) is 3.61. The monoisotopic (exact) mass is 670 g/mol. The summed E-state index contributed by atoms with van der Waals surface area (Å²) in [4.78, 5) is 45.7. The standard InChI is InChI=1S/C41H42N4O5/c1-41(2,3)50-40(48)44-37-21-26-12-4-5-13-27(26)23-45(38(37)46)24-29(20-28-22-42-36-19-11-10-14-30(28)36)43-39(47)49-25-35-33-17-8-6-15-31(33)32-16-7-9-18-34(32)35/h4-19,22,29,35,37,42H,20-21,23-25H2,1-3H3,(H,43,47)(H,44,48)/t29-,37-/m0/s1. The second kappa shape index (κ2) is 13.7. The number of carbonyl (C=O) groups excluding carboxylic acids is 3. The van der Waals surface area contributed by atoms with Gasteiger partial charge in [-0.25, -0.2) is 9.59 Å². The van der Waals surface area contributed by atoms with Crippen molar-refractivity contribution in [1.29, 1.82) is 0 Å². The molecule has 256 valence electrons. The number of aromatic amines is 1. The average molecular weight is 671 g/mol. The highest BCUT2D eigenvalue weighted by Gasteiger charge is 2.34. The molecule has 9 nitrogen and oxygen atoms in total. The summed E-state index contributed by atoms with van der Waals surface area (Å²) in [6, 6.07) is 31.0. The van der Waals surface area contributed by atoms with E-state index >= 15 is 0 Å². The van der Waals surface area contributed by atoms with Crippen LogP contribution in [0.2, 0.25) is 0 Å². The molecule has 0 saturated carbocycles. The normalized spacial score (nSPS) is 16.2. The van der Waals surface area contributed by atoms with Gasteiger partial charge >= 0.3 is 12.2 Å². The summed E-state index contributed by atoms with van der Waals surface area (Å²) in [5, 5.41) is 6.97. The molecule has 0 fully saturated rings. The number of hydrogen-bond donors (Lipinski definition) is 3. The number of nitrogens with zero attached hydrogens (tertiary/aromatic N) is 1. The first-order valence-corrected chi connectivity index (χ1v) is 17.1.